The monoisotopic (exact) mass is 171 g/mol. The lowest BCUT2D eigenvalue weighted by molar-refractivity contribution is 0.815. The SMILES string of the molecule is Cc1nc2ccccc2n1CC#N. The standard InChI is InChI=1S/C10H9N3/c1-8-12-9-4-2-3-5-10(9)13(8)7-6-11/h2-5H,7H2,1H3. The second kappa shape index (κ2) is 2.91. The number of benzene rings is 1. The summed E-state index contributed by atoms with van der Waals surface area (Å²) in [7, 11) is 0. The summed E-state index contributed by atoms with van der Waals surface area (Å²) in [5.41, 5.74) is 1.98. The number of aromatic nitrogens is 2. The van der Waals surface area contributed by atoms with Crippen molar-refractivity contribution in [3.63, 3.8) is 0 Å². The fourth-order valence-electron chi connectivity index (χ4n) is 1.47. The molecule has 1 aromatic heterocycles. The molecule has 0 saturated heterocycles. The van der Waals surface area contributed by atoms with E-state index in [-0.39, 0.29) is 0 Å². The van der Waals surface area contributed by atoms with Crippen molar-refractivity contribution in [1.82, 2.24) is 9.55 Å². The zero-order valence-corrected chi connectivity index (χ0v) is 7.36. The van der Waals surface area contributed by atoms with Gasteiger partial charge in [0.05, 0.1) is 17.1 Å². The first-order valence-electron chi connectivity index (χ1n) is 4.12. The van der Waals surface area contributed by atoms with Crippen LogP contribution in [0, 0.1) is 18.3 Å². The fourth-order valence-corrected chi connectivity index (χ4v) is 1.47. The summed E-state index contributed by atoms with van der Waals surface area (Å²) < 4.78 is 1.91. The number of para-hydroxylation sites is 2. The van der Waals surface area contributed by atoms with Crippen molar-refractivity contribution >= 4 is 11.0 Å². The molecule has 0 saturated carbocycles. The molecular formula is C10H9N3. The highest BCUT2D eigenvalue weighted by Crippen LogP contribution is 2.14. The van der Waals surface area contributed by atoms with Crippen molar-refractivity contribution in [2.45, 2.75) is 13.5 Å². The van der Waals surface area contributed by atoms with Gasteiger partial charge in [-0.15, -0.1) is 0 Å². The summed E-state index contributed by atoms with van der Waals surface area (Å²) in [4.78, 5) is 4.34. The van der Waals surface area contributed by atoms with Gasteiger partial charge in [-0.2, -0.15) is 5.26 Å². The molecule has 1 heterocycles. The number of hydrogen-bond acceptors (Lipinski definition) is 2. The number of hydrogen-bond donors (Lipinski definition) is 0. The van der Waals surface area contributed by atoms with Gasteiger partial charge in [-0.3, -0.25) is 0 Å². The van der Waals surface area contributed by atoms with Crippen LogP contribution in [0.3, 0.4) is 0 Å². The third-order valence-electron chi connectivity index (χ3n) is 2.07. The van der Waals surface area contributed by atoms with Crippen LogP contribution in [0.2, 0.25) is 0 Å². The van der Waals surface area contributed by atoms with Crippen molar-refractivity contribution in [2.75, 3.05) is 0 Å². The molecule has 0 aliphatic rings. The van der Waals surface area contributed by atoms with E-state index in [1.807, 2.05) is 35.8 Å². The Morgan fingerprint density at radius 2 is 2.23 bits per heavy atom. The molecule has 0 atom stereocenters. The van der Waals surface area contributed by atoms with Crippen molar-refractivity contribution < 1.29 is 0 Å². The van der Waals surface area contributed by atoms with Gasteiger partial charge >= 0.3 is 0 Å². The minimum Gasteiger partial charge on any atom is -0.314 e. The molecule has 0 aliphatic carbocycles. The molecule has 0 spiro atoms. The van der Waals surface area contributed by atoms with Gasteiger partial charge in [0.2, 0.25) is 0 Å². The molecule has 0 bridgehead atoms. The summed E-state index contributed by atoms with van der Waals surface area (Å²) in [6.07, 6.45) is 0. The van der Waals surface area contributed by atoms with Gasteiger partial charge in [0.15, 0.2) is 0 Å². The van der Waals surface area contributed by atoms with Crippen LogP contribution < -0.4 is 0 Å². The Morgan fingerprint density at radius 1 is 1.46 bits per heavy atom. The second-order valence-electron chi connectivity index (χ2n) is 2.89. The Hall–Kier alpha value is -1.82. The van der Waals surface area contributed by atoms with Gasteiger partial charge in [-0.25, -0.2) is 4.98 Å². The van der Waals surface area contributed by atoms with Gasteiger partial charge in [0, 0.05) is 0 Å². The Morgan fingerprint density at radius 3 is 3.00 bits per heavy atom. The lowest BCUT2D eigenvalue weighted by Crippen LogP contribution is -1.97. The molecule has 0 aliphatic heterocycles. The molecule has 64 valence electrons. The Balaban J connectivity index is 2.73. The molecule has 0 N–H and O–H groups in total. The number of nitrogens with zero attached hydrogens (tertiary/aromatic N) is 3. The van der Waals surface area contributed by atoms with Crippen LogP contribution in [0.1, 0.15) is 5.82 Å². The van der Waals surface area contributed by atoms with E-state index in [9.17, 15) is 0 Å². The van der Waals surface area contributed by atoms with Crippen molar-refractivity contribution in [3.8, 4) is 6.07 Å². The van der Waals surface area contributed by atoms with E-state index in [0.717, 1.165) is 16.9 Å². The number of aryl methyl sites for hydroxylation is 1. The highest BCUT2D eigenvalue weighted by Gasteiger charge is 2.04. The van der Waals surface area contributed by atoms with Gasteiger partial charge in [0.25, 0.3) is 0 Å². The molecule has 3 heteroatoms. The van der Waals surface area contributed by atoms with E-state index in [1.165, 1.54) is 0 Å². The molecule has 0 radical (unpaired) electrons. The minimum absolute atomic E-state index is 0.367. The van der Waals surface area contributed by atoms with Crippen LogP contribution in [-0.4, -0.2) is 9.55 Å². The van der Waals surface area contributed by atoms with Crippen molar-refractivity contribution in [1.29, 1.82) is 5.26 Å². The van der Waals surface area contributed by atoms with E-state index in [2.05, 4.69) is 11.1 Å². The lowest BCUT2D eigenvalue weighted by Gasteiger charge is -1.98. The predicted octanol–water partition coefficient (Wildman–Crippen LogP) is 1.87. The van der Waals surface area contributed by atoms with Gasteiger partial charge in [-0.05, 0) is 19.1 Å². The summed E-state index contributed by atoms with van der Waals surface area (Å²) in [5, 5.41) is 8.62. The Labute approximate surface area is 76.2 Å². The fraction of sp³-hybridized carbons (Fsp3) is 0.200. The topological polar surface area (TPSA) is 41.6 Å². The molecule has 0 unspecified atom stereocenters. The van der Waals surface area contributed by atoms with E-state index >= 15 is 0 Å². The first-order chi connectivity index (χ1) is 6.33. The normalized spacial score (nSPS) is 10.2. The molecule has 2 rings (SSSR count). The highest BCUT2D eigenvalue weighted by molar-refractivity contribution is 5.75. The third-order valence-corrected chi connectivity index (χ3v) is 2.07. The maximum absolute atomic E-state index is 8.62. The molecule has 0 fully saturated rings. The average molecular weight is 171 g/mol. The zero-order valence-electron chi connectivity index (χ0n) is 7.36. The molecule has 1 aromatic carbocycles. The molecular weight excluding hydrogens is 162 g/mol. The average Bonchev–Trinajstić information content (AvgIpc) is 2.44. The van der Waals surface area contributed by atoms with E-state index in [1.54, 1.807) is 0 Å². The third kappa shape index (κ3) is 1.17. The Kier molecular flexibility index (Phi) is 1.75. The lowest BCUT2D eigenvalue weighted by atomic mass is 10.3. The van der Waals surface area contributed by atoms with Gasteiger partial charge in [0.1, 0.15) is 12.4 Å². The number of nitriles is 1. The van der Waals surface area contributed by atoms with Gasteiger partial charge < -0.3 is 4.57 Å². The van der Waals surface area contributed by atoms with Crippen LogP contribution in [0.5, 0.6) is 0 Å². The molecule has 2 aromatic rings. The number of fused-ring (bicyclic) bond motifs is 1. The van der Waals surface area contributed by atoms with Crippen molar-refractivity contribution in [2.24, 2.45) is 0 Å². The minimum atomic E-state index is 0.367. The number of imidazole rings is 1. The van der Waals surface area contributed by atoms with Crippen LogP contribution in [0.15, 0.2) is 24.3 Å². The van der Waals surface area contributed by atoms with Crippen LogP contribution in [-0.2, 0) is 6.54 Å². The largest absolute Gasteiger partial charge is 0.314 e. The smallest absolute Gasteiger partial charge is 0.111 e. The molecule has 3 nitrogen and oxygen atoms in total. The summed E-state index contributed by atoms with van der Waals surface area (Å²) >= 11 is 0. The summed E-state index contributed by atoms with van der Waals surface area (Å²) in [6.45, 7) is 2.28. The first-order valence-corrected chi connectivity index (χ1v) is 4.12. The van der Waals surface area contributed by atoms with Crippen LogP contribution in [0.25, 0.3) is 11.0 Å². The predicted molar refractivity (Wildman–Crippen MR) is 50.1 cm³/mol. The second-order valence-corrected chi connectivity index (χ2v) is 2.89. The number of rotatable bonds is 1. The van der Waals surface area contributed by atoms with Gasteiger partial charge in [-0.1, -0.05) is 12.1 Å². The maximum Gasteiger partial charge on any atom is 0.111 e. The van der Waals surface area contributed by atoms with Crippen LogP contribution in [0.4, 0.5) is 0 Å². The van der Waals surface area contributed by atoms with E-state index in [0.29, 0.717) is 6.54 Å². The molecule has 0 amide bonds. The molecule has 13 heavy (non-hydrogen) atoms. The summed E-state index contributed by atoms with van der Waals surface area (Å²) in [6, 6.07) is 9.97. The maximum atomic E-state index is 8.62. The summed E-state index contributed by atoms with van der Waals surface area (Å²) in [5.74, 6) is 0.891. The van der Waals surface area contributed by atoms with Crippen molar-refractivity contribution in [3.05, 3.63) is 30.1 Å². The van der Waals surface area contributed by atoms with Crippen LogP contribution >= 0.6 is 0 Å². The quantitative estimate of drug-likeness (QED) is 0.657. The van der Waals surface area contributed by atoms with E-state index < -0.39 is 0 Å². The zero-order chi connectivity index (χ0) is 9.26. The Bertz CT molecular complexity index is 476. The first kappa shape index (κ1) is 7.81. The van der Waals surface area contributed by atoms with E-state index in [4.69, 9.17) is 5.26 Å². The highest BCUT2D eigenvalue weighted by atomic mass is 15.1.